The summed E-state index contributed by atoms with van der Waals surface area (Å²) in [5.74, 6) is -0.905. The summed E-state index contributed by atoms with van der Waals surface area (Å²) in [6.07, 6.45) is 0. The van der Waals surface area contributed by atoms with Crippen molar-refractivity contribution in [3.05, 3.63) is 64.5 Å². The quantitative estimate of drug-likeness (QED) is 0.640. The SMILES string of the molecule is COC(=O)C1=C(C)NC(C)=C2C(=O)Oc3ccc4ccccc4c3[C@@H]12. The van der Waals surface area contributed by atoms with Crippen molar-refractivity contribution in [3.8, 4) is 5.75 Å². The van der Waals surface area contributed by atoms with Gasteiger partial charge in [-0.25, -0.2) is 9.59 Å². The highest BCUT2D eigenvalue weighted by atomic mass is 16.5. The number of esters is 2. The van der Waals surface area contributed by atoms with Crippen LogP contribution in [0.4, 0.5) is 0 Å². The van der Waals surface area contributed by atoms with Crippen LogP contribution in [0.15, 0.2) is 58.9 Å². The lowest BCUT2D eigenvalue weighted by atomic mass is 9.77. The van der Waals surface area contributed by atoms with Crippen molar-refractivity contribution in [3.63, 3.8) is 0 Å². The van der Waals surface area contributed by atoms with Crippen LogP contribution in [0.2, 0.25) is 0 Å². The molecule has 1 N–H and O–H groups in total. The number of allylic oxidation sites excluding steroid dienone is 2. The van der Waals surface area contributed by atoms with Crippen molar-refractivity contribution in [1.29, 1.82) is 0 Å². The summed E-state index contributed by atoms with van der Waals surface area (Å²) in [5, 5.41) is 5.09. The second-order valence-electron chi connectivity index (χ2n) is 6.21. The van der Waals surface area contributed by atoms with E-state index in [-0.39, 0.29) is 0 Å². The van der Waals surface area contributed by atoms with Crippen LogP contribution in [0.3, 0.4) is 0 Å². The minimum Gasteiger partial charge on any atom is -0.466 e. The Labute approximate surface area is 144 Å². The number of rotatable bonds is 1. The Morgan fingerprint density at radius 2 is 1.88 bits per heavy atom. The van der Waals surface area contributed by atoms with Gasteiger partial charge in [-0.05, 0) is 30.7 Å². The van der Waals surface area contributed by atoms with Crippen LogP contribution >= 0.6 is 0 Å². The molecule has 4 rings (SSSR count). The first-order chi connectivity index (χ1) is 12.0. The molecule has 0 bridgehead atoms. The third-order valence-electron chi connectivity index (χ3n) is 4.81. The molecule has 126 valence electrons. The molecule has 2 heterocycles. The van der Waals surface area contributed by atoms with Gasteiger partial charge in [0, 0.05) is 17.0 Å². The Bertz CT molecular complexity index is 1000. The molecule has 0 spiro atoms. The molecule has 0 unspecified atom stereocenters. The molecule has 2 aromatic carbocycles. The minimum absolute atomic E-state index is 0.438. The number of hydrogen-bond acceptors (Lipinski definition) is 5. The van der Waals surface area contributed by atoms with Crippen LogP contribution in [0.1, 0.15) is 25.3 Å². The average molecular weight is 335 g/mol. The molecule has 2 aliphatic rings. The Kier molecular flexibility index (Phi) is 3.39. The third kappa shape index (κ3) is 2.16. The van der Waals surface area contributed by atoms with Gasteiger partial charge in [0.25, 0.3) is 0 Å². The molecule has 1 atom stereocenters. The first-order valence-corrected chi connectivity index (χ1v) is 8.03. The van der Waals surface area contributed by atoms with E-state index >= 15 is 0 Å². The number of benzene rings is 2. The van der Waals surface area contributed by atoms with Gasteiger partial charge in [-0.15, -0.1) is 0 Å². The maximum absolute atomic E-state index is 12.6. The van der Waals surface area contributed by atoms with Gasteiger partial charge in [0.1, 0.15) is 5.75 Å². The molecular weight excluding hydrogens is 318 g/mol. The fraction of sp³-hybridized carbons (Fsp3) is 0.200. The second kappa shape index (κ2) is 5.48. The molecule has 0 aromatic heterocycles. The van der Waals surface area contributed by atoms with Crippen LogP contribution in [0, 0.1) is 0 Å². The number of hydrogen-bond donors (Lipinski definition) is 1. The van der Waals surface area contributed by atoms with E-state index in [1.54, 1.807) is 6.07 Å². The fourth-order valence-corrected chi connectivity index (χ4v) is 3.75. The fourth-order valence-electron chi connectivity index (χ4n) is 3.75. The molecule has 0 aliphatic carbocycles. The van der Waals surface area contributed by atoms with Gasteiger partial charge in [0.2, 0.25) is 0 Å². The number of fused-ring (bicyclic) bond motifs is 5. The minimum atomic E-state index is -0.504. The molecule has 0 saturated heterocycles. The van der Waals surface area contributed by atoms with Crippen LogP contribution < -0.4 is 10.1 Å². The maximum Gasteiger partial charge on any atom is 0.342 e. The van der Waals surface area contributed by atoms with Crippen molar-refractivity contribution in [2.45, 2.75) is 19.8 Å². The number of carbonyl (C=O) groups is 2. The van der Waals surface area contributed by atoms with E-state index in [2.05, 4.69) is 5.32 Å². The topological polar surface area (TPSA) is 64.6 Å². The van der Waals surface area contributed by atoms with Crippen molar-refractivity contribution < 1.29 is 19.1 Å². The monoisotopic (exact) mass is 335 g/mol. The van der Waals surface area contributed by atoms with E-state index in [0.717, 1.165) is 16.3 Å². The smallest absolute Gasteiger partial charge is 0.342 e. The van der Waals surface area contributed by atoms with Crippen LogP contribution in [0.25, 0.3) is 10.8 Å². The normalized spacial score (nSPS) is 19.2. The van der Waals surface area contributed by atoms with Gasteiger partial charge in [0.05, 0.1) is 24.2 Å². The third-order valence-corrected chi connectivity index (χ3v) is 4.81. The zero-order valence-electron chi connectivity index (χ0n) is 14.2. The lowest BCUT2D eigenvalue weighted by Gasteiger charge is -2.34. The van der Waals surface area contributed by atoms with Crippen LogP contribution in [-0.2, 0) is 14.3 Å². The standard InChI is InChI=1S/C20H17NO4/c1-10-15(19(22)24-3)18-16(11(2)21-10)20(23)25-14-9-8-12-6-4-5-7-13(12)17(14)18/h4-9,18,21H,1-3H3/t18-/m0/s1. The predicted molar refractivity (Wildman–Crippen MR) is 92.9 cm³/mol. The molecule has 2 aliphatic heterocycles. The zero-order valence-corrected chi connectivity index (χ0v) is 14.2. The summed E-state index contributed by atoms with van der Waals surface area (Å²) in [7, 11) is 1.35. The zero-order chi connectivity index (χ0) is 17.7. The highest BCUT2D eigenvalue weighted by molar-refractivity contribution is 6.05. The van der Waals surface area contributed by atoms with E-state index in [1.165, 1.54) is 7.11 Å². The van der Waals surface area contributed by atoms with Crippen molar-refractivity contribution in [2.24, 2.45) is 0 Å². The average Bonchev–Trinajstić information content (AvgIpc) is 2.60. The lowest BCUT2D eigenvalue weighted by Crippen LogP contribution is -2.36. The van der Waals surface area contributed by atoms with Gasteiger partial charge in [-0.1, -0.05) is 30.3 Å². The number of ether oxygens (including phenoxy) is 2. The summed E-state index contributed by atoms with van der Waals surface area (Å²) in [6, 6.07) is 11.6. The summed E-state index contributed by atoms with van der Waals surface area (Å²) in [6.45, 7) is 3.63. The predicted octanol–water partition coefficient (Wildman–Crippen LogP) is 3.17. The summed E-state index contributed by atoms with van der Waals surface area (Å²) < 4.78 is 10.6. The number of nitrogens with one attached hydrogen (secondary N) is 1. The van der Waals surface area contributed by atoms with Gasteiger partial charge >= 0.3 is 11.9 Å². The Hall–Kier alpha value is -3.08. The second-order valence-corrected chi connectivity index (χ2v) is 6.21. The Morgan fingerprint density at radius 3 is 2.64 bits per heavy atom. The molecule has 0 radical (unpaired) electrons. The van der Waals surface area contributed by atoms with Gasteiger partial charge in [0.15, 0.2) is 0 Å². The molecule has 5 nitrogen and oxygen atoms in total. The molecule has 0 saturated carbocycles. The molecular formula is C20H17NO4. The van der Waals surface area contributed by atoms with E-state index in [0.29, 0.717) is 28.3 Å². The van der Waals surface area contributed by atoms with E-state index < -0.39 is 17.9 Å². The summed E-state index contributed by atoms with van der Waals surface area (Å²) in [5.41, 5.74) is 3.10. The van der Waals surface area contributed by atoms with Crippen molar-refractivity contribution in [2.75, 3.05) is 7.11 Å². The van der Waals surface area contributed by atoms with Crippen molar-refractivity contribution in [1.82, 2.24) is 5.32 Å². The largest absolute Gasteiger partial charge is 0.466 e. The maximum atomic E-state index is 12.6. The Morgan fingerprint density at radius 1 is 1.12 bits per heavy atom. The van der Waals surface area contributed by atoms with Crippen LogP contribution in [-0.4, -0.2) is 19.0 Å². The van der Waals surface area contributed by atoms with Crippen molar-refractivity contribution >= 4 is 22.7 Å². The number of methoxy groups -OCH3 is 1. The summed E-state index contributed by atoms with van der Waals surface area (Å²) >= 11 is 0. The Balaban J connectivity index is 2.09. The number of carbonyl (C=O) groups excluding carboxylic acids is 2. The van der Waals surface area contributed by atoms with E-state index in [1.807, 2.05) is 44.2 Å². The van der Waals surface area contributed by atoms with Crippen LogP contribution in [0.5, 0.6) is 5.75 Å². The van der Waals surface area contributed by atoms with Gasteiger partial charge < -0.3 is 14.8 Å². The summed E-state index contributed by atoms with van der Waals surface area (Å²) in [4.78, 5) is 25.1. The molecule has 5 heteroatoms. The molecule has 0 amide bonds. The highest BCUT2D eigenvalue weighted by Crippen LogP contribution is 2.48. The molecule has 0 fully saturated rings. The van der Waals surface area contributed by atoms with E-state index in [4.69, 9.17) is 9.47 Å². The molecule has 2 aromatic rings. The lowest BCUT2D eigenvalue weighted by molar-refractivity contribution is -0.136. The van der Waals surface area contributed by atoms with Gasteiger partial charge in [-0.3, -0.25) is 0 Å². The first kappa shape index (κ1) is 15.4. The van der Waals surface area contributed by atoms with E-state index in [9.17, 15) is 9.59 Å². The number of dihydropyridines is 1. The molecule has 25 heavy (non-hydrogen) atoms. The first-order valence-electron chi connectivity index (χ1n) is 8.03. The highest BCUT2D eigenvalue weighted by Gasteiger charge is 2.43. The van der Waals surface area contributed by atoms with Gasteiger partial charge in [-0.2, -0.15) is 0 Å².